The molecule has 2 heteroatoms. The van der Waals surface area contributed by atoms with E-state index in [1.807, 2.05) is 12.2 Å². The molecule has 0 N–H and O–H groups in total. The Balaban J connectivity index is 1.56. The summed E-state index contributed by atoms with van der Waals surface area (Å²) in [5, 5.41) is 0. The van der Waals surface area contributed by atoms with Crippen molar-refractivity contribution in [1.82, 2.24) is 4.90 Å². The monoisotopic (exact) mass is 398 g/mol. The van der Waals surface area contributed by atoms with E-state index in [-0.39, 0.29) is 0 Å². The lowest BCUT2D eigenvalue weighted by Crippen LogP contribution is -2.50. The van der Waals surface area contributed by atoms with Gasteiger partial charge >= 0.3 is 0 Å². The quantitative estimate of drug-likeness (QED) is 0.518. The van der Waals surface area contributed by atoms with E-state index in [0.29, 0.717) is 12.1 Å². The van der Waals surface area contributed by atoms with Gasteiger partial charge in [-0.3, -0.25) is 4.90 Å². The molecule has 1 unspecified atom stereocenters. The molecule has 1 heterocycles. The standard InChI is InChI=1S/C28H34N2/c1-3-12-23(4-2)21-29-18-11-10-17-27(29)22-30(26-15-6-5-7-16-26)28-19-24-13-8-9-14-25(24)20-28/h3-9,12-16,27-28H,1-2,10-11,17-22H2/b23-12+. The fourth-order valence-electron chi connectivity index (χ4n) is 5.11. The Kier molecular flexibility index (Phi) is 6.86. The maximum Gasteiger partial charge on any atom is 0.0371 e. The van der Waals surface area contributed by atoms with E-state index in [0.717, 1.165) is 25.9 Å². The number of fused-ring (bicyclic) bond motifs is 1. The van der Waals surface area contributed by atoms with Crippen LogP contribution in [0.4, 0.5) is 5.69 Å². The van der Waals surface area contributed by atoms with Crippen molar-refractivity contribution < 1.29 is 0 Å². The van der Waals surface area contributed by atoms with Crippen molar-refractivity contribution in [3.8, 4) is 0 Å². The Morgan fingerprint density at radius 2 is 1.67 bits per heavy atom. The molecule has 1 aliphatic carbocycles. The summed E-state index contributed by atoms with van der Waals surface area (Å²) in [6.07, 6.45) is 12.1. The van der Waals surface area contributed by atoms with Crippen LogP contribution in [0.5, 0.6) is 0 Å². The molecule has 0 aromatic heterocycles. The molecule has 4 rings (SSSR count). The van der Waals surface area contributed by atoms with Gasteiger partial charge in [0.2, 0.25) is 0 Å². The highest BCUT2D eigenvalue weighted by molar-refractivity contribution is 5.50. The van der Waals surface area contributed by atoms with Gasteiger partial charge in [0.15, 0.2) is 0 Å². The second-order valence-corrected chi connectivity index (χ2v) is 8.62. The fraction of sp³-hybridized carbons (Fsp3) is 0.357. The van der Waals surface area contributed by atoms with Crippen LogP contribution in [0.2, 0.25) is 0 Å². The Hall–Kier alpha value is -2.58. The second kappa shape index (κ2) is 9.95. The molecule has 1 aliphatic heterocycles. The van der Waals surface area contributed by atoms with Gasteiger partial charge in [-0.1, -0.05) is 80.3 Å². The van der Waals surface area contributed by atoms with Crippen LogP contribution in [-0.4, -0.2) is 36.6 Å². The number of benzene rings is 2. The van der Waals surface area contributed by atoms with Gasteiger partial charge in [-0.25, -0.2) is 0 Å². The van der Waals surface area contributed by atoms with E-state index in [2.05, 4.69) is 83.6 Å². The Bertz CT molecular complexity index is 858. The number of rotatable bonds is 8. The van der Waals surface area contributed by atoms with Crippen molar-refractivity contribution >= 4 is 5.69 Å². The number of piperidine rings is 1. The summed E-state index contributed by atoms with van der Waals surface area (Å²) in [4.78, 5) is 5.35. The minimum atomic E-state index is 0.538. The zero-order valence-electron chi connectivity index (χ0n) is 18.0. The van der Waals surface area contributed by atoms with Crippen LogP contribution in [0, 0.1) is 0 Å². The van der Waals surface area contributed by atoms with E-state index < -0.39 is 0 Å². The smallest absolute Gasteiger partial charge is 0.0371 e. The zero-order valence-corrected chi connectivity index (χ0v) is 18.0. The van der Waals surface area contributed by atoms with Crippen molar-refractivity contribution in [1.29, 1.82) is 0 Å². The molecule has 0 radical (unpaired) electrons. The molecule has 1 atom stereocenters. The highest BCUT2D eigenvalue weighted by Crippen LogP contribution is 2.31. The lowest BCUT2D eigenvalue weighted by molar-refractivity contribution is 0.163. The third-order valence-corrected chi connectivity index (χ3v) is 6.69. The first-order valence-corrected chi connectivity index (χ1v) is 11.3. The molecule has 2 nitrogen and oxygen atoms in total. The zero-order chi connectivity index (χ0) is 20.8. The molecule has 2 aromatic carbocycles. The highest BCUT2D eigenvalue weighted by atomic mass is 15.2. The topological polar surface area (TPSA) is 6.48 Å². The molecule has 1 fully saturated rings. The van der Waals surface area contributed by atoms with Crippen molar-refractivity contribution in [2.45, 2.75) is 44.2 Å². The molecule has 0 saturated carbocycles. The molecule has 0 spiro atoms. The summed E-state index contributed by atoms with van der Waals surface area (Å²) >= 11 is 0. The van der Waals surface area contributed by atoms with Gasteiger partial charge in [0.05, 0.1) is 0 Å². The van der Waals surface area contributed by atoms with Crippen molar-refractivity contribution in [3.05, 3.63) is 103 Å². The molecule has 156 valence electrons. The van der Waals surface area contributed by atoms with E-state index in [4.69, 9.17) is 0 Å². The molecule has 2 aromatic rings. The van der Waals surface area contributed by atoms with Gasteiger partial charge < -0.3 is 4.90 Å². The summed E-state index contributed by atoms with van der Waals surface area (Å²) in [6, 6.07) is 21.1. The van der Waals surface area contributed by atoms with Crippen LogP contribution in [-0.2, 0) is 12.8 Å². The lowest BCUT2D eigenvalue weighted by Gasteiger charge is -2.41. The SMILES string of the molecule is C=C/C=C(\C=C)CN1CCCCC1CN(c1ccccc1)C1Cc2ccccc2C1. The number of para-hydroxylation sites is 1. The van der Waals surface area contributed by atoms with Crippen LogP contribution >= 0.6 is 0 Å². The van der Waals surface area contributed by atoms with Crippen molar-refractivity contribution in [2.24, 2.45) is 0 Å². The van der Waals surface area contributed by atoms with E-state index in [9.17, 15) is 0 Å². The maximum absolute atomic E-state index is 4.01. The van der Waals surface area contributed by atoms with Gasteiger partial charge in [-0.05, 0) is 61.1 Å². The van der Waals surface area contributed by atoms with Crippen molar-refractivity contribution in [3.63, 3.8) is 0 Å². The normalized spacial score (nSPS) is 20.0. The van der Waals surface area contributed by atoms with Crippen LogP contribution in [0.15, 0.2) is 91.6 Å². The van der Waals surface area contributed by atoms with Crippen molar-refractivity contribution in [2.75, 3.05) is 24.5 Å². The van der Waals surface area contributed by atoms with Crippen LogP contribution in [0.3, 0.4) is 0 Å². The van der Waals surface area contributed by atoms with Gasteiger partial charge in [0, 0.05) is 30.9 Å². The largest absolute Gasteiger partial charge is 0.366 e. The summed E-state index contributed by atoms with van der Waals surface area (Å²) in [5.74, 6) is 0. The maximum atomic E-state index is 4.01. The van der Waals surface area contributed by atoms with Gasteiger partial charge in [-0.15, -0.1) is 0 Å². The van der Waals surface area contributed by atoms with Crippen LogP contribution in [0.1, 0.15) is 30.4 Å². The molecule has 0 bridgehead atoms. The number of hydrogen-bond donors (Lipinski definition) is 0. The van der Waals surface area contributed by atoms with Gasteiger partial charge in [-0.2, -0.15) is 0 Å². The molecule has 1 saturated heterocycles. The average Bonchev–Trinajstić information content (AvgIpc) is 3.22. The molecular weight excluding hydrogens is 364 g/mol. The lowest BCUT2D eigenvalue weighted by atomic mass is 9.99. The molecule has 30 heavy (non-hydrogen) atoms. The summed E-state index contributed by atoms with van der Waals surface area (Å²) in [6.45, 7) is 11.1. The van der Waals surface area contributed by atoms with Gasteiger partial charge in [0.25, 0.3) is 0 Å². The fourth-order valence-corrected chi connectivity index (χ4v) is 5.11. The summed E-state index contributed by atoms with van der Waals surface area (Å²) in [5.41, 5.74) is 5.65. The number of hydrogen-bond acceptors (Lipinski definition) is 2. The molecule has 2 aliphatic rings. The first-order chi connectivity index (χ1) is 14.8. The summed E-state index contributed by atoms with van der Waals surface area (Å²) < 4.78 is 0. The molecule has 0 amide bonds. The third-order valence-electron chi connectivity index (χ3n) is 6.69. The third kappa shape index (κ3) is 4.76. The Morgan fingerprint density at radius 1 is 0.967 bits per heavy atom. The predicted molar refractivity (Wildman–Crippen MR) is 129 cm³/mol. The number of nitrogens with zero attached hydrogens (tertiary/aromatic N) is 2. The number of allylic oxidation sites excluding steroid dienone is 2. The van der Waals surface area contributed by atoms with E-state index in [1.54, 1.807) is 0 Å². The Labute approximate surface area is 182 Å². The first-order valence-electron chi connectivity index (χ1n) is 11.3. The van der Waals surface area contributed by atoms with E-state index in [1.165, 1.54) is 48.2 Å². The van der Waals surface area contributed by atoms with Crippen LogP contribution < -0.4 is 4.90 Å². The minimum Gasteiger partial charge on any atom is -0.366 e. The number of likely N-dealkylation sites (tertiary alicyclic amines) is 1. The molecular formula is C28H34N2. The average molecular weight is 399 g/mol. The first kappa shape index (κ1) is 20.7. The predicted octanol–water partition coefficient (Wildman–Crippen LogP) is 5.81. The summed E-state index contributed by atoms with van der Waals surface area (Å²) in [7, 11) is 0. The Morgan fingerprint density at radius 3 is 2.33 bits per heavy atom. The van der Waals surface area contributed by atoms with Gasteiger partial charge in [0.1, 0.15) is 0 Å². The second-order valence-electron chi connectivity index (χ2n) is 8.62. The van der Waals surface area contributed by atoms with E-state index >= 15 is 0 Å². The minimum absolute atomic E-state index is 0.538. The van der Waals surface area contributed by atoms with Crippen LogP contribution in [0.25, 0.3) is 0 Å². The highest BCUT2D eigenvalue weighted by Gasteiger charge is 2.31. The number of anilines is 1.